The first-order valence-corrected chi connectivity index (χ1v) is 8.27. The molecule has 24 heavy (non-hydrogen) atoms. The van der Waals surface area contributed by atoms with Crippen molar-refractivity contribution >= 4 is 17.3 Å². The van der Waals surface area contributed by atoms with Gasteiger partial charge in [-0.2, -0.15) is 0 Å². The summed E-state index contributed by atoms with van der Waals surface area (Å²) in [6.45, 7) is 5.06. The second-order valence-corrected chi connectivity index (χ2v) is 7.69. The van der Waals surface area contributed by atoms with E-state index in [2.05, 4.69) is 24.7 Å². The maximum Gasteiger partial charge on any atom is 0.271 e. The highest BCUT2D eigenvalue weighted by Crippen LogP contribution is 2.74. The number of carbonyl (C=O) groups is 1. The van der Waals surface area contributed by atoms with Crippen LogP contribution in [0.4, 0.5) is 11.4 Å². The third kappa shape index (κ3) is 1.68. The summed E-state index contributed by atoms with van der Waals surface area (Å²) in [5, 5.41) is 10.7. The van der Waals surface area contributed by atoms with Crippen molar-refractivity contribution in [2.75, 3.05) is 12.0 Å². The minimum absolute atomic E-state index is 0.0148. The highest BCUT2D eigenvalue weighted by atomic mass is 16.6. The predicted molar refractivity (Wildman–Crippen MR) is 87.1 cm³/mol. The highest BCUT2D eigenvalue weighted by molar-refractivity contribution is 5.89. The molecule has 0 aromatic heterocycles. The lowest BCUT2D eigenvalue weighted by atomic mass is 9.66. The minimum atomic E-state index is -0.765. The van der Waals surface area contributed by atoms with Crippen LogP contribution in [-0.4, -0.2) is 23.0 Å². The number of ether oxygens (including phenoxy) is 1. The molecule has 1 amide bonds. The van der Waals surface area contributed by atoms with E-state index in [0.717, 1.165) is 12.8 Å². The number of rotatable bonds is 4. The van der Waals surface area contributed by atoms with Crippen LogP contribution in [-0.2, 0) is 9.53 Å². The second kappa shape index (κ2) is 4.69. The van der Waals surface area contributed by atoms with Crippen LogP contribution in [0.1, 0.15) is 33.1 Å². The molecular formula is C17H21N3O4. The molecule has 2 saturated carbocycles. The zero-order chi connectivity index (χ0) is 17.2. The molecule has 0 unspecified atom stereocenters. The topological polar surface area (TPSA) is 93.5 Å². The van der Waals surface area contributed by atoms with Crippen LogP contribution in [0.2, 0.25) is 0 Å². The standard InChI is InChI=1S/C17H21N3O4/c1-15-10-24-17(9-11(15)7-8-16(15,17)2)14(21)19-18-12-3-5-13(6-4-12)20(22)23/h3-6,11,18H,7-10H2,1-2H3,(H,19,21)/t11-,15+,16-,17-/m1/s1. The molecule has 0 radical (unpaired) electrons. The van der Waals surface area contributed by atoms with Crippen molar-refractivity contribution in [2.24, 2.45) is 16.7 Å². The van der Waals surface area contributed by atoms with Crippen molar-refractivity contribution in [3.05, 3.63) is 34.4 Å². The number of nitrogens with one attached hydrogen (secondary N) is 2. The van der Waals surface area contributed by atoms with Crippen molar-refractivity contribution in [3.8, 4) is 0 Å². The molecule has 1 heterocycles. The quantitative estimate of drug-likeness (QED) is 0.653. The summed E-state index contributed by atoms with van der Waals surface area (Å²) in [7, 11) is 0. The summed E-state index contributed by atoms with van der Waals surface area (Å²) in [6.07, 6.45) is 2.95. The predicted octanol–water partition coefficient (Wildman–Crippen LogP) is 2.63. The Labute approximate surface area is 139 Å². The summed E-state index contributed by atoms with van der Waals surface area (Å²) in [6, 6.07) is 5.93. The molecule has 3 fully saturated rings. The van der Waals surface area contributed by atoms with Crippen LogP contribution in [0.25, 0.3) is 0 Å². The fourth-order valence-electron chi connectivity index (χ4n) is 5.15. The lowest BCUT2D eigenvalue weighted by Gasteiger charge is -2.39. The summed E-state index contributed by atoms with van der Waals surface area (Å²) in [4.78, 5) is 23.1. The van der Waals surface area contributed by atoms with Crippen molar-refractivity contribution < 1.29 is 14.5 Å². The fourth-order valence-corrected chi connectivity index (χ4v) is 5.15. The SMILES string of the molecule is C[C@]12CC[C@@H]3C[C@]1(C(=O)NNc1ccc([N+](=O)[O-])cc1)OC[C@@]32C. The van der Waals surface area contributed by atoms with Gasteiger partial charge in [0.2, 0.25) is 0 Å². The van der Waals surface area contributed by atoms with E-state index >= 15 is 0 Å². The summed E-state index contributed by atoms with van der Waals surface area (Å²) in [5.41, 5.74) is 5.40. The zero-order valence-corrected chi connectivity index (χ0v) is 13.8. The van der Waals surface area contributed by atoms with Gasteiger partial charge in [-0.3, -0.25) is 25.8 Å². The average molecular weight is 331 g/mol. The van der Waals surface area contributed by atoms with Crippen molar-refractivity contribution in [2.45, 2.75) is 38.7 Å². The van der Waals surface area contributed by atoms with Crippen molar-refractivity contribution in [1.29, 1.82) is 0 Å². The van der Waals surface area contributed by atoms with Crippen LogP contribution in [0.3, 0.4) is 0 Å². The van der Waals surface area contributed by atoms with Crippen LogP contribution in [0.5, 0.6) is 0 Å². The number of benzene rings is 1. The van der Waals surface area contributed by atoms with E-state index in [1.165, 1.54) is 18.6 Å². The first-order chi connectivity index (χ1) is 11.3. The molecule has 1 aromatic rings. The number of amides is 1. The van der Waals surface area contributed by atoms with Gasteiger partial charge < -0.3 is 4.74 Å². The molecule has 1 aliphatic heterocycles. The molecule has 4 bridgehead atoms. The monoisotopic (exact) mass is 331 g/mol. The second-order valence-electron chi connectivity index (χ2n) is 7.69. The van der Waals surface area contributed by atoms with E-state index in [1.807, 2.05) is 0 Å². The van der Waals surface area contributed by atoms with Gasteiger partial charge in [0, 0.05) is 23.0 Å². The van der Waals surface area contributed by atoms with Crippen molar-refractivity contribution in [1.82, 2.24) is 5.43 Å². The molecule has 1 saturated heterocycles. The van der Waals surface area contributed by atoms with Gasteiger partial charge >= 0.3 is 0 Å². The van der Waals surface area contributed by atoms with E-state index in [-0.39, 0.29) is 22.4 Å². The van der Waals surface area contributed by atoms with E-state index in [9.17, 15) is 14.9 Å². The molecule has 128 valence electrons. The van der Waals surface area contributed by atoms with Crippen LogP contribution >= 0.6 is 0 Å². The summed E-state index contributed by atoms with van der Waals surface area (Å²) < 4.78 is 6.04. The summed E-state index contributed by atoms with van der Waals surface area (Å²) in [5.74, 6) is 0.399. The fraction of sp³-hybridized carbons (Fsp3) is 0.588. The molecule has 2 aliphatic carbocycles. The Morgan fingerprint density at radius 3 is 2.62 bits per heavy atom. The third-order valence-corrected chi connectivity index (χ3v) is 6.96. The van der Waals surface area contributed by atoms with Gasteiger partial charge in [-0.25, -0.2) is 0 Å². The number of nitrogens with zero attached hydrogens (tertiary/aromatic N) is 1. The Kier molecular flexibility index (Phi) is 3.01. The largest absolute Gasteiger partial charge is 0.364 e. The van der Waals surface area contributed by atoms with Gasteiger partial charge in [-0.15, -0.1) is 0 Å². The molecule has 7 heteroatoms. The van der Waals surface area contributed by atoms with E-state index in [1.54, 1.807) is 12.1 Å². The average Bonchev–Trinajstić information content (AvgIpc) is 3.04. The molecule has 2 N–H and O–H groups in total. The number of anilines is 1. The van der Waals surface area contributed by atoms with Gasteiger partial charge in [-0.05, 0) is 37.3 Å². The zero-order valence-electron chi connectivity index (χ0n) is 13.8. The lowest BCUT2D eigenvalue weighted by Crippen LogP contribution is -2.56. The Hall–Kier alpha value is -2.15. The number of hydrogen-bond acceptors (Lipinski definition) is 5. The molecule has 3 aliphatic rings. The number of hydrogen-bond donors (Lipinski definition) is 2. The molecule has 1 aromatic carbocycles. The van der Waals surface area contributed by atoms with E-state index in [0.29, 0.717) is 18.2 Å². The molecule has 0 spiro atoms. The first kappa shape index (κ1) is 15.4. The molecule has 4 rings (SSSR count). The minimum Gasteiger partial charge on any atom is -0.364 e. The van der Waals surface area contributed by atoms with Gasteiger partial charge in [0.05, 0.1) is 17.2 Å². The summed E-state index contributed by atoms with van der Waals surface area (Å²) >= 11 is 0. The number of carbonyl (C=O) groups excluding carboxylic acids is 1. The number of non-ortho nitro benzene ring substituents is 1. The van der Waals surface area contributed by atoms with Gasteiger partial charge in [0.15, 0.2) is 5.60 Å². The molecule has 7 nitrogen and oxygen atoms in total. The van der Waals surface area contributed by atoms with Crippen LogP contribution < -0.4 is 10.9 Å². The number of hydrazine groups is 1. The molecule has 4 atom stereocenters. The third-order valence-electron chi connectivity index (χ3n) is 6.96. The van der Waals surface area contributed by atoms with Crippen LogP contribution in [0.15, 0.2) is 24.3 Å². The Bertz CT molecular complexity index is 721. The van der Waals surface area contributed by atoms with E-state index < -0.39 is 10.5 Å². The smallest absolute Gasteiger partial charge is 0.271 e. The maximum atomic E-state index is 12.9. The van der Waals surface area contributed by atoms with Gasteiger partial charge in [0.25, 0.3) is 11.6 Å². The molecular weight excluding hydrogens is 310 g/mol. The Morgan fingerprint density at radius 2 is 2.04 bits per heavy atom. The number of nitro benzene ring substituents is 1. The first-order valence-electron chi connectivity index (χ1n) is 8.27. The maximum absolute atomic E-state index is 12.9. The van der Waals surface area contributed by atoms with E-state index in [4.69, 9.17) is 4.74 Å². The highest BCUT2D eigenvalue weighted by Gasteiger charge is 2.78. The Morgan fingerprint density at radius 1 is 1.33 bits per heavy atom. The lowest BCUT2D eigenvalue weighted by molar-refractivity contribution is -0.384. The normalized spacial score (nSPS) is 39.0. The number of nitro groups is 1. The Balaban J connectivity index is 1.49. The van der Waals surface area contributed by atoms with Crippen LogP contribution in [0, 0.1) is 26.9 Å². The van der Waals surface area contributed by atoms with Gasteiger partial charge in [0.1, 0.15) is 0 Å². The van der Waals surface area contributed by atoms with Crippen molar-refractivity contribution in [3.63, 3.8) is 0 Å². The van der Waals surface area contributed by atoms with Gasteiger partial charge in [-0.1, -0.05) is 13.8 Å².